The average Bonchev–Trinajstić information content (AvgIpc) is 3.10. The van der Waals surface area contributed by atoms with Gasteiger partial charge in [0.1, 0.15) is 11.5 Å². The molecular weight excluding hydrogens is 328 g/mol. The molecule has 2 aromatic heterocycles. The van der Waals surface area contributed by atoms with Crippen LogP contribution in [0.15, 0.2) is 24.4 Å². The van der Waals surface area contributed by atoms with Crippen molar-refractivity contribution in [2.24, 2.45) is 0 Å². The van der Waals surface area contributed by atoms with Crippen LogP contribution in [0.2, 0.25) is 0 Å². The largest absolute Gasteiger partial charge is 0.354 e. The number of hydrogen-bond acceptors (Lipinski definition) is 5. The first-order chi connectivity index (χ1) is 12.6. The van der Waals surface area contributed by atoms with Crippen molar-refractivity contribution in [1.82, 2.24) is 25.2 Å². The van der Waals surface area contributed by atoms with Crippen molar-refractivity contribution < 1.29 is 4.79 Å². The minimum absolute atomic E-state index is 0.0571. The fourth-order valence-corrected chi connectivity index (χ4v) is 3.77. The number of aromatic nitrogens is 3. The molecule has 0 radical (unpaired) electrons. The summed E-state index contributed by atoms with van der Waals surface area (Å²) in [7, 11) is 0. The van der Waals surface area contributed by atoms with Gasteiger partial charge in [0.05, 0.1) is 6.04 Å². The van der Waals surface area contributed by atoms with E-state index in [-0.39, 0.29) is 12.1 Å². The van der Waals surface area contributed by atoms with Crippen LogP contribution in [0, 0.1) is 13.8 Å². The molecule has 2 saturated heterocycles. The van der Waals surface area contributed by atoms with Crippen LogP contribution in [0.1, 0.15) is 24.1 Å². The van der Waals surface area contributed by atoms with Gasteiger partial charge < -0.3 is 15.1 Å². The number of pyridine rings is 1. The summed E-state index contributed by atoms with van der Waals surface area (Å²) in [6.07, 6.45) is 3.85. The molecule has 2 amide bonds. The maximum absolute atomic E-state index is 12.0. The number of piperidine rings is 1. The summed E-state index contributed by atoms with van der Waals surface area (Å²) in [4.78, 5) is 30.2. The van der Waals surface area contributed by atoms with Crippen LogP contribution in [-0.2, 0) is 0 Å². The van der Waals surface area contributed by atoms with Crippen molar-refractivity contribution >= 4 is 11.8 Å². The van der Waals surface area contributed by atoms with Gasteiger partial charge >= 0.3 is 6.03 Å². The Morgan fingerprint density at radius 1 is 1.19 bits per heavy atom. The van der Waals surface area contributed by atoms with Crippen molar-refractivity contribution in [3.63, 3.8) is 0 Å². The Hall–Kier alpha value is -2.70. The van der Waals surface area contributed by atoms with Gasteiger partial charge in [-0.15, -0.1) is 0 Å². The molecule has 0 aliphatic carbocycles. The smallest absolute Gasteiger partial charge is 0.317 e. The van der Waals surface area contributed by atoms with E-state index in [9.17, 15) is 4.79 Å². The highest BCUT2D eigenvalue weighted by atomic mass is 16.2. The minimum atomic E-state index is 0.0571. The summed E-state index contributed by atoms with van der Waals surface area (Å²) in [6, 6.07) is 6.06. The zero-order chi connectivity index (χ0) is 18.1. The molecule has 2 aromatic rings. The number of aryl methyl sites for hydroxylation is 1. The molecule has 26 heavy (non-hydrogen) atoms. The topological polar surface area (TPSA) is 74.2 Å². The Morgan fingerprint density at radius 2 is 2.08 bits per heavy atom. The number of hydrogen-bond donors (Lipinski definition) is 1. The molecule has 0 saturated carbocycles. The van der Waals surface area contributed by atoms with Crippen LogP contribution >= 0.6 is 0 Å². The predicted molar refractivity (Wildman–Crippen MR) is 100 cm³/mol. The van der Waals surface area contributed by atoms with Gasteiger partial charge in [0.2, 0.25) is 0 Å². The lowest BCUT2D eigenvalue weighted by atomic mass is 10.0. The Bertz CT molecular complexity index is 809. The van der Waals surface area contributed by atoms with E-state index >= 15 is 0 Å². The molecule has 7 heteroatoms. The Kier molecular flexibility index (Phi) is 4.44. The van der Waals surface area contributed by atoms with Gasteiger partial charge in [0.15, 0.2) is 5.82 Å². The van der Waals surface area contributed by atoms with Crippen molar-refractivity contribution in [3.05, 3.63) is 35.7 Å². The monoisotopic (exact) mass is 352 g/mol. The molecule has 2 fully saturated rings. The van der Waals surface area contributed by atoms with Crippen LogP contribution in [-0.4, -0.2) is 58.1 Å². The number of nitrogens with zero attached hydrogens (tertiary/aromatic N) is 5. The van der Waals surface area contributed by atoms with Crippen LogP contribution in [0.3, 0.4) is 0 Å². The SMILES string of the molecule is Cc1nc(-c2ccccn2)nc(N2CCCC(N3CCNC3=O)C2)c1C. The van der Waals surface area contributed by atoms with Gasteiger partial charge in [-0.05, 0) is 38.8 Å². The van der Waals surface area contributed by atoms with E-state index < -0.39 is 0 Å². The highest BCUT2D eigenvalue weighted by Gasteiger charge is 2.32. The summed E-state index contributed by atoms with van der Waals surface area (Å²) in [5.41, 5.74) is 2.84. The van der Waals surface area contributed by atoms with Crippen LogP contribution < -0.4 is 10.2 Å². The first kappa shape index (κ1) is 16.8. The maximum Gasteiger partial charge on any atom is 0.317 e. The third-order valence-electron chi connectivity index (χ3n) is 5.28. The highest BCUT2D eigenvalue weighted by Crippen LogP contribution is 2.27. The van der Waals surface area contributed by atoms with Gasteiger partial charge in [-0.25, -0.2) is 14.8 Å². The Labute approximate surface area is 153 Å². The molecule has 0 aromatic carbocycles. The zero-order valence-corrected chi connectivity index (χ0v) is 15.3. The van der Waals surface area contributed by atoms with E-state index in [1.54, 1.807) is 6.20 Å². The van der Waals surface area contributed by atoms with Gasteiger partial charge in [-0.3, -0.25) is 4.98 Å². The molecule has 2 aliphatic heterocycles. The van der Waals surface area contributed by atoms with Gasteiger partial charge in [-0.1, -0.05) is 6.07 Å². The van der Waals surface area contributed by atoms with Crippen LogP contribution in [0.25, 0.3) is 11.5 Å². The van der Waals surface area contributed by atoms with Gasteiger partial charge in [-0.2, -0.15) is 0 Å². The number of urea groups is 1. The van der Waals surface area contributed by atoms with E-state index in [0.717, 1.165) is 61.8 Å². The summed E-state index contributed by atoms with van der Waals surface area (Å²) < 4.78 is 0. The van der Waals surface area contributed by atoms with E-state index in [4.69, 9.17) is 4.98 Å². The summed E-state index contributed by atoms with van der Waals surface area (Å²) in [5.74, 6) is 1.62. The minimum Gasteiger partial charge on any atom is -0.354 e. The molecule has 4 heterocycles. The highest BCUT2D eigenvalue weighted by molar-refractivity contribution is 5.76. The van der Waals surface area contributed by atoms with E-state index in [1.807, 2.05) is 30.0 Å². The number of carbonyl (C=O) groups is 1. The fraction of sp³-hybridized carbons (Fsp3) is 0.474. The average molecular weight is 352 g/mol. The van der Waals surface area contributed by atoms with Gasteiger partial charge in [0, 0.05) is 43.6 Å². The van der Waals surface area contributed by atoms with Crippen molar-refractivity contribution in [2.45, 2.75) is 32.7 Å². The molecule has 7 nitrogen and oxygen atoms in total. The van der Waals surface area contributed by atoms with Crippen LogP contribution in [0.4, 0.5) is 10.6 Å². The number of rotatable bonds is 3. The van der Waals surface area contributed by atoms with E-state index in [0.29, 0.717) is 5.82 Å². The molecular formula is C19H24N6O. The molecule has 1 N–H and O–H groups in total. The van der Waals surface area contributed by atoms with E-state index in [2.05, 4.69) is 27.1 Å². The summed E-state index contributed by atoms with van der Waals surface area (Å²) in [6.45, 7) is 7.38. The number of anilines is 1. The molecule has 1 unspecified atom stereocenters. The third kappa shape index (κ3) is 3.09. The number of nitrogens with one attached hydrogen (secondary N) is 1. The molecule has 1 atom stereocenters. The second-order valence-corrected chi connectivity index (χ2v) is 6.96. The molecule has 2 aliphatic rings. The molecule has 136 valence electrons. The van der Waals surface area contributed by atoms with Crippen molar-refractivity contribution in [3.8, 4) is 11.5 Å². The third-order valence-corrected chi connectivity index (χ3v) is 5.28. The summed E-state index contributed by atoms with van der Waals surface area (Å²) >= 11 is 0. The van der Waals surface area contributed by atoms with Gasteiger partial charge in [0.25, 0.3) is 0 Å². The number of carbonyl (C=O) groups excluding carboxylic acids is 1. The fourth-order valence-electron chi connectivity index (χ4n) is 3.77. The molecule has 0 bridgehead atoms. The summed E-state index contributed by atoms with van der Waals surface area (Å²) in [5, 5.41) is 2.91. The first-order valence-electron chi connectivity index (χ1n) is 9.19. The number of amides is 2. The first-order valence-corrected chi connectivity index (χ1v) is 9.19. The Morgan fingerprint density at radius 3 is 2.81 bits per heavy atom. The molecule has 0 spiro atoms. The Balaban J connectivity index is 1.64. The second-order valence-electron chi connectivity index (χ2n) is 6.96. The standard InChI is InChI=1S/C19H24N6O/c1-13-14(2)22-17(16-7-3-4-8-20-16)23-18(13)24-10-5-6-15(12-24)25-11-9-21-19(25)26/h3-4,7-8,15H,5-6,9-12H2,1-2H3,(H,21,26). The maximum atomic E-state index is 12.0. The lowest BCUT2D eigenvalue weighted by Gasteiger charge is -2.38. The normalized spacial score (nSPS) is 20.4. The lowest BCUT2D eigenvalue weighted by Crippen LogP contribution is -2.49. The zero-order valence-electron chi connectivity index (χ0n) is 15.3. The van der Waals surface area contributed by atoms with Crippen LogP contribution in [0.5, 0.6) is 0 Å². The lowest BCUT2D eigenvalue weighted by molar-refractivity contribution is 0.189. The molecule has 4 rings (SSSR count). The van der Waals surface area contributed by atoms with Crippen molar-refractivity contribution in [2.75, 3.05) is 31.1 Å². The van der Waals surface area contributed by atoms with E-state index in [1.165, 1.54) is 0 Å². The second kappa shape index (κ2) is 6.90. The predicted octanol–water partition coefficient (Wildman–Crippen LogP) is 2.15. The van der Waals surface area contributed by atoms with Crippen molar-refractivity contribution in [1.29, 1.82) is 0 Å². The quantitative estimate of drug-likeness (QED) is 0.916.